The van der Waals surface area contributed by atoms with Crippen molar-refractivity contribution in [1.82, 2.24) is 0 Å². The zero-order valence-electron chi connectivity index (χ0n) is 13.6. The van der Waals surface area contributed by atoms with Crippen molar-refractivity contribution in [3.8, 4) is 0 Å². The van der Waals surface area contributed by atoms with E-state index in [1.807, 2.05) is 18.2 Å². The van der Waals surface area contributed by atoms with Gasteiger partial charge in [0, 0.05) is 0 Å². The fraction of sp³-hybridized carbons (Fsp3) is 0.611. The quantitative estimate of drug-likeness (QED) is 0.376. The van der Waals surface area contributed by atoms with Gasteiger partial charge in [0.25, 0.3) is 0 Å². The molecule has 2 rings (SSSR count). The molecule has 0 heterocycles. The minimum atomic E-state index is -0.0676. The zero-order chi connectivity index (χ0) is 15.1. The van der Waals surface area contributed by atoms with Crippen molar-refractivity contribution in [2.75, 3.05) is 24.9 Å². The Hall–Kier alpha value is -0.230. The van der Waals surface area contributed by atoms with Gasteiger partial charge >= 0.3 is 5.97 Å². The van der Waals surface area contributed by atoms with Gasteiger partial charge in [-0.2, -0.15) is 0 Å². The average Bonchev–Trinajstić information content (AvgIpc) is 2.49. The van der Waals surface area contributed by atoms with Crippen LogP contribution in [0.15, 0.2) is 30.3 Å². The molecule has 124 valence electrons. The van der Waals surface area contributed by atoms with E-state index in [0.717, 1.165) is 24.2 Å². The Morgan fingerprint density at radius 3 is 2.41 bits per heavy atom. The predicted octanol–water partition coefficient (Wildman–Crippen LogP) is 0.776. The van der Waals surface area contributed by atoms with Gasteiger partial charge in [-0.3, -0.25) is 4.79 Å². The highest BCUT2D eigenvalue weighted by atomic mass is 127. The van der Waals surface area contributed by atoms with Gasteiger partial charge in [-0.15, -0.1) is 0 Å². The molecule has 1 saturated carbocycles. The van der Waals surface area contributed by atoms with Crippen LogP contribution in [0.3, 0.4) is 0 Å². The normalized spacial score (nSPS) is 16.9. The van der Waals surface area contributed by atoms with Gasteiger partial charge in [-0.05, 0) is 35.2 Å². The first kappa shape index (κ1) is 19.8. The lowest BCUT2D eigenvalue weighted by atomic mass is 9.77. The van der Waals surface area contributed by atoms with E-state index in [4.69, 9.17) is 4.74 Å². The molecule has 1 aromatic carbocycles. The summed E-state index contributed by atoms with van der Waals surface area (Å²) in [7, 11) is 0.328. The molecule has 0 aromatic heterocycles. The van der Waals surface area contributed by atoms with Crippen LogP contribution in [0, 0.1) is 5.92 Å². The number of carbonyl (C=O) groups is 1. The Kier molecular flexibility index (Phi) is 9.48. The van der Waals surface area contributed by atoms with Crippen LogP contribution in [0.4, 0.5) is 0 Å². The molecule has 0 unspecified atom stereocenters. The van der Waals surface area contributed by atoms with Gasteiger partial charge in [-0.25, -0.2) is 0 Å². The number of ether oxygens (including phenoxy) is 1. The molecular weight excluding hydrogens is 407 g/mol. The van der Waals surface area contributed by atoms with Crippen molar-refractivity contribution in [3.05, 3.63) is 35.9 Å². The molecule has 1 aromatic rings. The Balaban J connectivity index is 0.00000242. The maximum atomic E-state index is 12.6. The molecule has 0 N–H and O–H groups in total. The topological polar surface area (TPSA) is 26.3 Å². The average molecular weight is 434 g/mol. The van der Waals surface area contributed by atoms with E-state index in [2.05, 4.69) is 24.6 Å². The molecular formula is C18H27IO2S. The lowest BCUT2D eigenvalue weighted by molar-refractivity contribution is -0.146. The summed E-state index contributed by atoms with van der Waals surface area (Å²) < 4.78 is 5.59. The molecule has 0 saturated heterocycles. The molecule has 1 fully saturated rings. The first-order chi connectivity index (χ1) is 10.2. The first-order valence-corrected chi connectivity index (χ1v) is 10.2. The van der Waals surface area contributed by atoms with Crippen LogP contribution in [-0.2, 0) is 20.4 Å². The number of carbonyl (C=O) groups excluding carboxylic acids is 1. The van der Waals surface area contributed by atoms with Crippen LogP contribution >= 0.6 is 0 Å². The lowest BCUT2D eigenvalue weighted by Gasteiger charge is -2.29. The summed E-state index contributed by atoms with van der Waals surface area (Å²) in [5, 5.41) is 0. The summed E-state index contributed by atoms with van der Waals surface area (Å²) in [5.41, 5.74) is 1.13. The SMILES string of the molecule is C[S+](C)CCOC(=O)[C@H](c1ccccc1)C1CCCCC1.[I-]. The number of esters is 1. The van der Waals surface area contributed by atoms with Crippen molar-refractivity contribution in [3.63, 3.8) is 0 Å². The first-order valence-electron chi connectivity index (χ1n) is 7.94. The molecule has 0 bridgehead atoms. The second-order valence-corrected chi connectivity index (χ2v) is 8.52. The van der Waals surface area contributed by atoms with E-state index in [-0.39, 0.29) is 35.9 Å². The molecule has 1 aliphatic carbocycles. The maximum absolute atomic E-state index is 12.6. The van der Waals surface area contributed by atoms with E-state index in [0.29, 0.717) is 23.4 Å². The molecule has 22 heavy (non-hydrogen) atoms. The number of hydrogen-bond donors (Lipinski definition) is 0. The predicted molar refractivity (Wildman–Crippen MR) is 90.8 cm³/mol. The number of halogens is 1. The van der Waals surface area contributed by atoms with Gasteiger partial charge in [0.05, 0.1) is 18.4 Å². The van der Waals surface area contributed by atoms with Crippen molar-refractivity contribution in [1.29, 1.82) is 0 Å². The fourth-order valence-electron chi connectivity index (χ4n) is 3.13. The standard InChI is InChI=1S/C18H27O2S.HI/c1-21(2)14-13-20-18(19)17(15-9-5-3-6-10-15)16-11-7-4-8-12-16;/h3,5-6,9-10,16-17H,4,7-8,11-14H2,1-2H3;1H/q+1;/p-1/t17-;/m1./s1. The highest BCUT2D eigenvalue weighted by molar-refractivity contribution is 7.95. The highest BCUT2D eigenvalue weighted by Gasteiger charge is 2.32. The lowest BCUT2D eigenvalue weighted by Crippen LogP contribution is -3.00. The van der Waals surface area contributed by atoms with E-state index < -0.39 is 0 Å². The van der Waals surface area contributed by atoms with Gasteiger partial charge in [-0.1, -0.05) is 49.6 Å². The molecule has 0 radical (unpaired) electrons. The number of rotatable bonds is 6. The summed E-state index contributed by atoms with van der Waals surface area (Å²) in [6, 6.07) is 10.2. The van der Waals surface area contributed by atoms with Crippen LogP contribution in [0.1, 0.15) is 43.6 Å². The summed E-state index contributed by atoms with van der Waals surface area (Å²) in [6.07, 6.45) is 10.5. The Morgan fingerprint density at radius 2 is 1.82 bits per heavy atom. The van der Waals surface area contributed by atoms with Gasteiger partial charge in [0.15, 0.2) is 0 Å². The van der Waals surface area contributed by atoms with Gasteiger partial charge < -0.3 is 28.7 Å². The van der Waals surface area contributed by atoms with Crippen molar-refractivity contribution < 1.29 is 33.5 Å². The second kappa shape index (κ2) is 10.5. The molecule has 2 nitrogen and oxygen atoms in total. The van der Waals surface area contributed by atoms with E-state index in [1.165, 1.54) is 19.3 Å². The monoisotopic (exact) mass is 434 g/mol. The molecule has 4 heteroatoms. The van der Waals surface area contributed by atoms with Crippen LogP contribution in [-0.4, -0.2) is 30.8 Å². The largest absolute Gasteiger partial charge is 1.00 e. The Labute approximate surface area is 154 Å². The zero-order valence-corrected chi connectivity index (χ0v) is 16.6. The Bertz CT molecular complexity index is 430. The third-order valence-electron chi connectivity index (χ3n) is 4.27. The summed E-state index contributed by atoms with van der Waals surface area (Å²) in [5.74, 6) is 1.34. The van der Waals surface area contributed by atoms with Crippen LogP contribution in [0.5, 0.6) is 0 Å². The fourth-order valence-corrected chi connectivity index (χ4v) is 3.54. The highest BCUT2D eigenvalue weighted by Crippen LogP contribution is 2.36. The van der Waals surface area contributed by atoms with Crippen molar-refractivity contribution in [2.24, 2.45) is 5.92 Å². The molecule has 1 atom stereocenters. The van der Waals surface area contributed by atoms with Crippen LogP contribution in [0.2, 0.25) is 0 Å². The van der Waals surface area contributed by atoms with Crippen LogP contribution in [0.25, 0.3) is 0 Å². The third-order valence-corrected chi connectivity index (χ3v) is 5.25. The Morgan fingerprint density at radius 1 is 1.18 bits per heavy atom. The van der Waals surface area contributed by atoms with Gasteiger partial charge in [0.2, 0.25) is 0 Å². The summed E-state index contributed by atoms with van der Waals surface area (Å²) in [6.45, 7) is 0.561. The minimum absolute atomic E-state index is 0. The second-order valence-electron chi connectivity index (χ2n) is 6.14. The van der Waals surface area contributed by atoms with Crippen molar-refractivity contribution >= 4 is 16.9 Å². The van der Waals surface area contributed by atoms with E-state index in [9.17, 15) is 4.79 Å². The number of benzene rings is 1. The molecule has 0 amide bonds. The van der Waals surface area contributed by atoms with Gasteiger partial charge in [0.1, 0.15) is 12.4 Å². The number of hydrogen-bond acceptors (Lipinski definition) is 2. The smallest absolute Gasteiger partial charge is 0.313 e. The minimum Gasteiger partial charge on any atom is -1.00 e. The summed E-state index contributed by atoms with van der Waals surface area (Å²) >= 11 is 0. The van der Waals surface area contributed by atoms with Crippen molar-refractivity contribution in [2.45, 2.75) is 38.0 Å². The summed E-state index contributed by atoms with van der Waals surface area (Å²) in [4.78, 5) is 12.6. The maximum Gasteiger partial charge on any atom is 0.313 e. The molecule has 0 spiro atoms. The molecule has 0 aliphatic heterocycles. The van der Waals surface area contributed by atoms with E-state index in [1.54, 1.807) is 0 Å². The molecule has 1 aliphatic rings. The van der Waals surface area contributed by atoms with E-state index >= 15 is 0 Å². The van der Waals surface area contributed by atoms with Crippen LogP contribution < -0.4 is 24.0 Å². The third kappa shape index (κ3) is 6.11.